The highest BCUT2D eigenvalue weighted by Gasteiger charge is 2.22. The number of nitrogens with one attached hydrogen (secondary N) is 1. The molecule has 1 aromatic heterocycles. The van der Waals surface area contributed by atoms with Crippen LogP contribution >= 0.6 is 22.6 Å². The second-order valence-corrected chi connectivity index (χ2v) is 6.47. The Bertz CT molecular complexity index is 387. The molecule has 1 aliphatic carbocycles. The van der Waals surface area contributed by atoms with E-state index in [4.69, 9.17) is 4.98 Å². The maximum Gasteiger partial charge on any atom is 0.143 e. The zero-order chi connectivity index (χ0) is 13.0. The number of hydrogen-bond donors (Lipinski definition) is 1. The van der Waals surface area contributed by atoms with E-state index in [-0.39, 0.29) is 0 Å². The van der Waals surface area contributed by atoms with Gasteiger partial charge >= 0.3 is 0 Å². The lowest BCUT2D eigenvalue weighted by molar-refractivity contribution is 0.339. The fraction of sp³-hybridized carbons (Fsp3) is 0.714. The summed E-state index contributed by atoms with van der Waals surface area (Å²) in [6.45, 7) is 5.50. The summed E-state index contributed by atoms with van der Waals surface area (Å²) in [5.41, 5.74) is 0. The minimum atomic E-state index is 0.570. The van der Waals surface area contributed by atoms with Crippen LogP contribution in [0.4, 0.5) is 5.82 Å². The number of aromatic nitrogens is 2. The van der Waals surface area contributed by atoms with Gasteiger partial charge in [0, 0.05) is 18.7 Å². The standard InChI is InChI=1S/C14H22IN3/c1-3-8-16-14-12(15)9-17-13(18-14)11-6-4-10(2)5-7-11/h9-11H,3-8H2,1-2H3,(H,16,17,18). The van der Waals surface area contributed by atoms with E-state index in [1.807, 2.05) is 6.20 Å². The molecule has 1 N–H and O–H groups in total. The van der Waals surface area contributed by atoms with Crippen molar-refractivity contribution in [3.05, 3.63) is 15.6 Å². The molecule has 4 heteroatoms. The fourth-order valence-corrected chi connectivity index (χ4v) is 2.91. The van der Waals surface area contributed by atoms with Gasteiger partial charge in [-0.05, 0) is 47.8 Å². The summed E-state index contributed by atoms with van der Waals surface area (Å²) in [7, 11) is 0. The van der Waals surface area contributed by atoms with Gasteiger partial charge in [-0.1, -0.05) is 26.7 Å². The number of nitrogens with zero attached hydrogens (tertiary/aromatic N) is 2. The van der Waals surface area contributed by atoms with Crippen molar-refractivity contribution in [2.75, 3.05) is 11.9 Å². The Morgan fingerprint density at radius 1 is 1.33 bits per heavy atom. The highest BCUT2D eigenvalue weighted by Crippen LogP contribution is 2.34. The predicted molar refractivity (Wildman–Crippen MR) is 83.9 cm³/mol. The molecule has 0 atom stereocenters. The van der Waals surface area contributed by atoms with Crippen molar-refractivity contribution in [1.82, 2.24) is 9.97 Å². The van der Waals surface area contributed by atoms with Crippen molar-refractivity contribution in [1.29, 1.82) is 0 Å². The molecule has 3 nitrogen and oxygen atoms in total. The van der Waals surface area contributed by atoms with Crippen LogP contribution in [0.1, 0.15) is 57.7 Å². The molecule has 1 aliphatic rings. The lowest BCUT2D eigenvalue weighted by Crippen LogP contribution is -2.15. The predicted octanol–water partition coefficient (Wildman–Crippen LogP) is 4.20. The van der Waals surface area contributed by atoms with Gasteiger partial charge in [0.05, 0.1) is 3.57 Å². The van der Waals surface area contributed by atoms with Crippen molar-refractivity contribution in [3.8, 4) is 0 Å². The first-order valence-electron chi connectivity index (χ1n) is 6.97. The summed E-state index contributed by atoms with van der Waals surface area (Å²) >= 11 is 2.30. The third-order valence-corrected chi connectivity index (χ3v) is 4.48. The maximum atomic E-state index is 4.73. The molecule has 0 aliphatic heterocycles. The quantitative estimate of drug-likeness (QED) is 0.819. The van der Waals surface area contributed by atoms with Crippen LogP contribution in [-0.4, -0.2) is 16.5 Å². The van der Waals surface area contributed by atoms with Crippen molar-refractivity contribution in [3.63, 3.8) is 0 Å². The molecule has 1 saturated carbocycles. The zero-order valence-electron chi connectivity index (χ0n) is 11.2. The maximum absolute atomic E-state index is 4.73. The first-order chi connectivity index (χ1) is 8.70. The van der Waals surface area contributed by atoms with Crippen LogP contribution in [0, 0.1) is 9.49 Å². The third kappa shape index (κ3) is 3.56. The Balaban J connectivity index is 2.08. The van der Waals surface area contributed by atoms with E-state index in [9.17, 15) is 0 Å². The molecule has 1 fully saturated rings. The molecular weight excluding hydrogens is 337 g/mol. The lowest BCUT2D eigenvalue weighted by Gasteiger charge is -2.25. The molecule has 0 unspecified atom stereocenters. The van der Waals surface area contributed by atoms with Gasteiger partial charge in [-0.25, -0.2) is 9.97 Å². The number of hydrogen-bond acceptors (Lipinski definition) is 3. The highest BCUT2D eigenvalue weighted by molar-refractivity contribution is 14.1. The number of rotatable bonds is 4. The molecule has 0 spiro atoms. The molecule has 0 bridgehead atoms. The Kier molecular flexibility index (Phi) is 5.21. The molecule has 0 radical (unpaired) electrons. The van der Waals surface area contributed by atoms with E-state index in [0.717, 1.165) is 34.1 Å². The Morgan fingerprint density at radius 2 is 2.06 bits per heavy atom. The number of halogens is 1. The molecule has 100 valence electrons. The lowest BCUT2D eigenvalue weighted by atomic mass is 9.82. The molecule has 0 aromatic carbocycles. The first-order valence-corrected chi connectivity index (χ1v) is 8.05. The van der Waals surface area contributed by atoms with Crippen molar-refractivity contribution in [2.45, 2.75) is 51.9 Å². The van der Waals surface area contributed by atoms with Gasteiger partial charge < -0.3 is 5.32 Å². The normalized spacial score (nSPS) is 23.9. The molecule has 0 amide bonds. The molecule has 0 saturated heterocycles. The molecular formula is C14H22IN3. The summed E-state index contributed by atoms with van der Waals surface area (Å²) in [6.07, 6.45) is 8.20. The second-order valence-electron chi connectivity index (χ2n) is 5.31. The average molecular weight is 359 g/mol. The van der Waals surface area contributed by atoms with Crippen LogP contribution in [0.25, 0.3) is 0 Å². The largest absolute Gasteiger partial charge is 0.369 e. The monoisotopic (exact) mass is 359 g/mol. The summed E-state index contributed by atoms with van der Waals surface area (Å²) < 4.78 is 1.12. The van der Waals surface area contributed by atoms with Crippen LogP contribution in [-0.2, 0) is 0 Å². The second kappa shape index (κ2) is 6.68. The van der Waals surface area contributed by atoms with Crippen LogP contribution in [0.5, 0.6) is 0 Å². The highest BCUT2D eigenvalue weighted by atomic mass is 127. The Hall–Kier alpha value is -0.390. The van der Waals surface area contributed by atoms with Gasteiger partial charge in [0.2, 0.25) is 0 Å². The van der Waals surface area contributed by atoms with Gasteiger partial charge in [-0.3, -0.25) is 0 Å². The Labute approximate surface area is 123 Å². The van der Waals surface area contributed by atoms with Gasteiger partial charge in [0.15, 0.2) is 0 Å². The Morgan fingerprint density at radius 3 is 2.72 bits per heavy atom. The van der Waals surface area contributed by atoms with Crippen molar-refractivity contribution in [2.24, 2.45) is 5.92 Å². The molecule has 1 aromatic rings. The SMILES string of the molecule is CCCNc1nc(C2CCC(C)CC2)ncc1I. The summed E-state index contributed by atoms with van der Waals surface area (Å²) in [4.78, 5) is 9.27. The molecule has 2 rings (SSSR count). The van der Waals surface area contributed by atoms with Crippen LogP contribution in [0.3, 0.4) is 0 Å². The van der Waals surface area contributed by atoms with E-state index in [1.54, 1.807) is 0 Å². The van der Waals surface area contributed by atoms with Gasteiger partial charge in [0.25, 0.3) is 0 Å². The first kappa shape index (κ1) is 14.0. The van der Waals surface area contributed by atoms with Crippen molar-refractivity contribution >= 4 is 28.4 Å². The number of anilines is 1. The summed E-state index contributed by atoms with van der Waals surface area (Å²) in [5, 5.41) is 3.39. The van der Waals surface area contributed by atoms with Crippen LogP contribution < -0.4 is 5.32 Å². The van der Waals surface area contributed by atoms with E-state index in [1.165, 1.54) is 25.7 Å². The molecule has 18 heavy (non-hydrogen) atoms. The van der Waals surface area contributed by atoms with Gasteiger partial charge in [0.1, 0.15) is 11.6 Å². The minimum absolute atomic E-state index is 0.570. The van der Waals surface area contributed by atoms with Crippen LogP contribution in [0.2, 0.25) is 0 Å². The summed E-state index contributed by atoms with van der Waals surface area (Å²) in [6, 6.07) is 0. The topological polar surface area (TPSA) is 37.8 Å². The summed E-state index contributed by atoms with van der Waals surface area (Å²) in [5.74, 6) is 3.50. The van der Waals surface area contributed by atoms with Gasteiger partial charge in [-0.2, -0.15) is 0 Å². The fourth-order valence-electron chi connectivity index (χ4n) is 2.46. The van der Waals surface area contributed by atoms with E-state index in [0.29, 0.717) is 5.92 Å². The van der Waals surface area contributed by atoms with E-state index >= 15 is 0 Å². The van der Waals surface area contributed by atoms with E-state index in [2.05, 4.69) is 46.7 Å². The minimum Gasteiger partial charge on any atom is -0.369 e. The average Bonchev–Trinajstić information content (AvgIpc) is 2.39. The van der Waals surface area contributed by atoms with Gasteiger partial charge in [-0.15, -0.1) is 0 Å². The molecule has 1 heterocycles. The smallest absolute Gasteiger partial charge is 0.143 e. The van der Waals surface area contributed by atoms with Crippen LogP contribution in [0.15, 0.2) is 6.20 Å². The third-order valence-electron chi connectivity index (χ3n) is 3.69. The zero-order valence-corrected chi connectivity index (χ0v) is 13.4. The van der Waals surface area contributed by atoms with Crippen molar-refractivity contribution < 1.29 is 0 Å². The van der Waals surface area contributed by atoms with E-state index < -0.39 is 0 Å².